The lowest BCUT2D eigenvalue weighted by Crippen LogP contribution is -2.04. The summed E-state index contributed by atoms with van der Waals surface area (Å²) in [5.41, 5.74) is 2.39. The highest BCUT2D eigenvalue weighted by molar-refractivity contribution is 6.20. The van der Waals surface area contributed by atoms with Gasteiger partial charge in [-0.05, 0) is 39.7 Å². The van der Waals surface area contributed by atoms with Gasteiger partial charge in [0, 0.05) is 17.6 Å². The molecule has 0 N–H and O–H groups in total. The van der Waals surface area contributed by atoms with Gasteiger partial charge in [-0.2, -0.15) is 5.10 Å². The quantitative estimate of drug-likeness (QED) is 0.684. The average molecular weight is 201 g/mol. The largest absolute Gasteiger partial charge is 0.270 e. The first-order chi connectivity index (χ1) is 6.13. The second-order valence-electron chi connectivity index (χ2n) is 3.41. The summed E-state index contributed by atoms with van der Waals surface area (Å²) in [6, 6.07) is 2.14. The first-order valence-electron chi connectivity index (χ1n) is 4.81. The van der Waals surface area contributed by atoms with Crippen LogP contribution in [0.25, 0.3) is 0 Å². The van der Waals surface area contributed by atoms with Crippen LogP contribution in [0.1, 0.15) is 31.7 Å². The minimum Gasteiger partial charge on any atom is -0.270 e. The van der Waals surface area contributed by atoms with Crippen LogP contribution in [0.3, 0.4) is 0 Å². The molecule has 2 nitrogen and oxygen atoms in total. The molecule has 0 spiro atoms. The monoisotopic (exact) mass is 200 g/mol. The van der Waals surface area contributed by atoms with Crippen LogP contribution in [-0.2, 0) is 13.0 Å². The third kappa shape index (κ3) is 3.03. The molecule has 13 heavy (non-hydrogen) atoms. The van der Waals surface area contributed by atoms with E-state index in [1.165, 1.54) is 5.69 Å². The standard InChI is InChI=1S/C10H17ClN2/c1-4-13-10(6-5-8(2)11)7-9(3)12-13/h7-8H,4-6H2,1-3H3. The van der Waals surface area contributed by atoms with Crippen LogP contribution < -0.4 is 0 Å². The summed E-state index contributed by atoms with van der Waals surface area (Å²) < 4.78 is 2.05. The Morgan fingerprint density at radius 1 is 1.62 bits per heavy atom. The molecule has 1 heterocycles. The lowest BCUT2D eigenvalue weighted by molar-refractivity contribution is 0.605. The van der Waals surface area contributed by atoms with Gasteiger partial charge in [-0.25, -0.2) is 0 Å². The van der Waals surface area contributed by atoms with Crippen molar-refractivity contribution in [1.29, 1.82) is 0 Å². The molecule has 0 aliphatic heterocycles. The highest BCUT2D eigenvalue weighted by Crippen LogP contribution is 2.10. The molecule has 3 heteroatoms. The van der Waals surface area contributed by atoms with Gasteiger partial charge >= 0.3 is 0 Å². The maximum atomic E-state index is 5.90. The minimum atomic E-state index is 0.250. The zero-order chi connectivity index (χ0) is 9.84. The summed E-state index contributed by atoms with van der Waals surface area (Å²) in [7, 11) is 0. The highest BCUT2D eigenvalue weighted by atomic mass is 35.5. The van der Waals surface area contributed by atoms with Gasteiger partial charge in [0.05, 0.1) is 5.69 Å². The van der Waals surface area contributed by atoms with Crippen molar-refractivity contribution in [2.24, 2.45) is 0 Å². The van der Waals surface area contributed by atoms with E-state index in [0.29, 0.717) is 0 Å². The zero-order valence-corrected chi connectivity index (χ0v) is 9.30. The first kappa shape index (κ1) is 10.6. The van der Waals surface area contributed by atoms with E-state index in [-0.39, 0.29) is 5.38 Å². The zero-order valence-electron chi connectivity index (χ0n) is 8.55. The predicted molar refractivity (Wildman–Crippen MR) is 56.3 cm³/mol. The fourth-order valence-electron chi connectivity index (χ4n) is 1.42. The van der Waals surface area contributed by atoms with Crippen LogP contribution in [-0.4, -0.2) is 15.2 Å². The molecular weight excluding hydrogens is 184 g/mol. The summed E-state index contributed by atoms with van der Waals surface area (Å²) in [4.78, 5) is 0. The van der Waals surface area contributed by atoms with Crippen LogP contribution in [0.4, 0.5) is 0 Å². The van der Waals surface area contributed by atoms with E-state index in [0.717, 1.165) is 25.1 Å². The van der Waals surface area contributed by atoms with Gasteiger partial charge in [-0.15, -0.1) is 11.6 Å². The molecule has 0 aliphatic rings. The van der Waals surface area contributed by atoms with Crippen molar-refractivity contribution in [2.75, 3.05) is 0 Å². The van der Waals surface area contributed by atoms with E-state index in [1.807, 2.05) is 13.8 Å². The van der Waals surface area contributed by atoms with Gasteiger partial charge in [-0.3, -0.25) is 4.68 Å². The Morgan fingerprint density at radius 2 is 2.31 bits per heavy atom. The van der Waals surface area contributed by atoms with Crippen molar-refractivity contribution < 1.29 is 0 Å². The lowest BCUT2D eigenvalue weighted by atomic mass is 10.2. The third-order valence-electron chi connectivity index (χ3n) is 2.08. The molecule has 0 amide bonds. The predicted octanol–water partition coefficient (Wildman–Crippen LogP) is 2.77. The van der Waals surface area contributed by atoms with Gasteiger partial charge in [0.15, 0.2) is 0 Å². The number of rotatable bonds is 4. The van der Waals surface area contributed by atoms with Crippen LogP contribution >= 0.6 is 11.6 Å². The molecule has 0 aliphatic carbocycles. The van der Waals surface area contributed by atoms with Gasteiger partial charge in [-0.1, -0.05) is 0 Å². The molecule has 1 aromatic heterocycles. The molecular formula is C10H17ClN2. The molecule has 0 aromatic carbocycles. The Balaban J connectivity index is 2.64. The second kappa shape index (κ2) is 4.66. The molecule has 1 atom stereocenters. The van der Waals surface area contributed by atoms with E-state index in [9.17, 15) is 0 Å². The first-order valence-corrected chi connectivity index (χ1v) is 5.24. The molecule has 0 radical (unpaired) electrons. The smallest absolute Gasteiger partial charge is 0.0596 e. The van der Waals surface area contributed by atoms with Crippen molar-refractivity contribution in [3.05, 3.63) is 17.5 Å². The Bertz CT molecular complexity index is 266. The normalized spacial score (nSPS) is 13.2. The number of aryl methyl sites for hydroxylation is 3. The molecule has 0 bridgehead atoms. The van der Waals surface area contributed by atoms with Gasteiger partial charge in [0.2, 0.25) is 0 Å². The fourth-order valence-corrected chi connectivity index (χ4v) is 1.53. The molecule has 1 unspecified atom stereocenters. The maximum Gasteiger partial charge on any atom is 0.0596 e. The number of hydrogen-bond donors (Lipinski definition) is 0. The van der Waals surface area contributed by atoms with E-state index in [2.05, 4.69) is 22.8 Å². The number of halogens is 1. The number of alkyl halides is 1. The Kier molecular flexibility index (Phi) is 3.79. The summed E-state index contributed by atoms with van der Waals surface area (Å²) in [5.74, 6) is 0. The molecule has 0 saturated carbocycles. The summed E-state index contributed by atoms with van der Waals surface area (Å²) >= 11 is 5.90. The molecule has 0 saturated heterocycles. The van der Waals surface area contributed by atoms with Crippen molar-refractivity contribution >= 4 is 11.6 Å². The van der Waals surface area contributed by atoms with Crippen LogP contribution in [0, 0.1) is 6.92 Å². The molecule has 1 aromatic rings. The van der Waals surface area contributed by atoms with E-state index < -0.39 is 0 Å². The van der Waals surface area contributed by atoms with Crippen molar-refractivity contribution in [3.63, 3.8) is 0 Å². The number of hydrogen-bond acceptors (Lipinski definition) is 1. The SMILES string of the molecule is CCn1nc(C)cc1CCC(C)Cl. The van der Waals surface area contributed by atoms with Gasteiger partial charge in [0.25, 0.3) is 0 Å². The topological polar surface area (TPSA) is 17.8 Å². The van der Waals surface area contributed by atoms with Crippen LogP contribution in [0.2, 0.25) is 0 Å². The van der Waals surface area contributed by atoms with Crippen LogP contribution in [0.15, 0.2) is 6.07 Å². The maximum absolute atomic E-state index is 5.90. The second-order valence-corrected chi connectivity index (χ2v) is 4.16. The van der Waals surface area contributed by atoms with Gasteiger partial charge in [0.1, 0.15) is 0 Å². The molecule has 1 rings (SSSR count). The van der Waals surface area contributed by atoms with Crippen LogP contribution in [0.5, 0.6) is 0 Å². The number of aromatic nitrogens is 2. The molecule has 0 fully saturated rings. The third-order valence-corrected chi connectivity index (χ3v) is 2.30. The van der Waals surface area contributed by atoms with Crippen molar-refractivity contribution in [2.45, 2.75) is 45.5 Å². The molecule has 74 valence electrons. The minimum absolute atomic E-state index is 0.250. The number of nitrogens with zero attached hydrogens (tertiary/aromatic N) is 2. The van der Waals surface area contributed by atoms with Gasteiger partial charge < -0.3 is 0 Å². The van der Waals surface area contributed by atoms with E-state index in [1.54, 1.807) is 0 Å². The van der Waals surface area contributed by atoms with Crippen molar-refractivity contribution in [1.82, 2.24) is 9.78 Å². The Morgan fingerprint density at radius 3 is 2.85 bits per heavy atom. The van der Waals surface area contributed by atoms with E-state index >= 15 is 0 Å². The lowest BCUT2D eigenvalue weighted by Gasteiger charge is -2.05. The fraction of sp³-hybridized carbons (Fsp3) is 0.700. The Labute approximate surface area is 84.9 Å². The Hall–Kier alpha value is -0.500. The summed E-state index contributed by atoms with van der Waals surface area (Å²) in [5, 5.41) is 4.63. The summed E-state index contributed by atoms with van der Waals surface area (Å²) in [6.07, 6.45) is 2.05. The van der Waals surface area contributed by atoms with E-state index in [4.69, 9.17) is 11.6 Å². The van der Waals surface area contributed by atoms with Crippen molar-refractivity contribution in [3.8, 4) is 0 Å². The summed E-state index contributed by atoms with van der Waals surface area (Å²) in [6.45, 7) is 7.11. The highest BCUT2D eigenvalue weighted by Gasteiger charge is 2.05. The average Bonchev–Trinajstić information content (AvgIpc) is 2.42.